The van der Waals surface area contributed by atoms with Gasteiger partial charge in [-0.05, 0) is 42.5 Å². The number of nitrogens with zero attached hydrogens (tertiary/aromatic N) is 4. The highest BCUT2D eigenvalue weighted by molar-refractivity contribution is 6.36. The maximum absolute atomic E-state index is 8.82. The Hall–Kier alpha value is -3.40. The molecule has 0 aliphatic heterocycles. The number of hydrogen-bond donors (Lipinski definition) is 2. The molecule has 2 heterocycles. The summed E-state index contributed by atoms with van der Waals surface area (Å²) in [5, 5.41) is 17.4. The van der Waals surface area contributed by atoms with E-state index in [0.29, 0.717) is 34.7 Å². The fourth-order valence-corrected chi connectivity index (χ4v) is 3.45. The Morgan fingerprint density at radius 2 is 1.77 bits per heavy atom. The molecule has 0 amide bonds. The number of halogens is 2. The van der Waals surface area contributed by atoms with E-state index in [9.17, 15) is 0 Å². The predicted octanol–water partition coefficient (Wildman–Crippen LogP) is 5.39. The van der Waals surface area contributed by atoms with Crippen LogP contribution in [0.25, 0.3) is 22.3 Å². The standard InChI is InChI=1S/C22H16Cl2N6/c23-14-5-8-17(19(24)11-14)22-29-20-4-2-1-3-18(20)21(30-22)27-10-9-26-16-7-6-15(12-25)28-13-16/h1-8,11,13,26H,9-10H2,(H,27,29,30). The van der Waals surface area contributed by atoms with Gasteiger partial charge in [0, 0.05) is 29.1 Å². The molecule has 0 aliphatic rings. The van der Waals surface area contributed by atoms with Gasteiger partial charge in [0.25, 0.3) is 0 Å². The smallest absolute Gasteiger partial charge is 0.163 e. The van der Waals surface area contributed by atoms with Crippen LogP contribution in [-0.2, 0) is 0 Å². The molecule has 0 atom stereocenters. The normalized spacial score (nSPS) is 10.6. The van der Waals surface area contributed by atoms with Crippen LogP contribution in [0, 0.1) is 11.3 Å². The van der Waals surface area contributed by atoms with E-state index in [1.807, 2.05) is 42.5 Å². The van der Waals surface area contributed by atoms with Crippen molar-refractivity contribution >= 4 is 45.6 Å². The average molecular weight is 435 g/mol. The third-order valence-corrected chi connectivity index (χ3v) is 4.95. The first kappa shape index (κ1) is 19.9. The zero-order valence-corrected chi connectivity index (χ0v) is 17.2. The second kappa shape index (κ2) is 8.95. The number of fused-ring (bicyclic) bond motifs is 1. The number of rotatable bonds is 6. The molecular weight excluding hydrogens is 419 g/mol. The first-order chi connectivity index (χ1) is 14.6. The number of nitriles is 1. The lowest BCUT2D eigenvalue weighted by Gasteiger charge is -2.12. The summed E-state index contributed by atoms with van der Waals surface area (Å²) >= 11 is 12.4. The van der Waals surface area contributed by atoms with Crippen LogP contribution in [0.3, 0.4) is 0 Å². The van der Waals surface area contributed by atoms with Crippen LogP contribution in [0.15, 0.2) is 60.8 Å². The minimum Gasteiger partial charge on any atom is -0.382 e. The third kappa shape index (κ3) is 4.43. The zero-order chi connectivity index (χ0) is 20.9. The summed E-state index contributed by atoms with van der Waals surface area (Å²) in [5.41, 5.74) is 2.77. The van der Waals surface area contributed by atoms with Gasteiger partial charge in [-0.3, -0.25) is 0 Å². The van der Waals surface area contributed by atoms with Gasteiger partial charge in [0.05, 0.1) is 22.4 Å². The molecule has 6 nitrogen and oxygen atoms in total. The molecule has 8 heteroatoms. The molecule has 0 aliphatic carbocycles. The Labute approximate surface area is 183 Å². The zero-order valence-electron chi connectivity index (χ0n) is 15.7. The topological polar surface area (TPSA) is 86.5 Å². The van der Waals surface area contributed by atoms with Crippen molar-refractivity contribution in [1.82, 2.24) is 15.0 Å². The predicted molar refractivity (Wildman–Crippen MR) is 121 cm³/mol. The number of anilines is 2. The number of aromatic nitrogens is 3. The summed E-state index contributed by atoms with van der Waals surface area (Å²) in [6.07, 6.45) is 1.64. The Kier molecular flexibility index (Phi) is 5.94. The highest BCUT2D eigenvalue weighted by Crippen LogP contribution is 2.31. The van der Waals surface area contributed by atoms with E-state index in [0.717, 1.165) is 28.0 Å². The molecular formula is C22H16Cl2N6. The van der Waals surface area contributed by atoms with Crippen molar-refractivity contribution in [3.05, 3.63) is 76.5 Å². The summed E-state index contributed by atoms with van der Waals surface area (Å²) in [6.45, 7) is 1.26. The van der Waals surface area contributed by atoms with Gasteiger partial charge in [0.1, 0.15) is 17.6 Å². The Bertz CT molecular complexity index is 1230. The maximum Gasteiger partial charge on any atom is 0.163 e. The summed E-state index contributed by atoms with van der Waals surface area (Å²) in [6, 6.07) is 18.6. The Balaban J connectivity index is 1.54. The van der Waals surface area contributed by atoms with E-state index in [1.165, 1.54) is 0 Å². The van der Waals surface area contributed by atoms with E-state index in [-0.39, 0.29) is 0 Å². The lowest BCUT2D eigenvalue weighted by molar-refractivity contribution is 1.05. The lowest BCUT2D eigenvalue weighted by Crippen LogP contribution is -2.15. The van der Waals surface area contributed by atoms with Gasteiger partial charge in [-0.25, -0.2) is 15.0 Å². The van der Waals surface area contributed by atoms with Gasteiger partial charge >= 0.3 is 0 Å². The van der Waals surface area contributed by atoms with Crippen LogP contribution in [0.4, 0.5) is 11.5 Å². The second-order valence-corrected chi connectivity index (χ2v) is 7.28. The largest absolute Gasteiger partial charge is 0.382 e. The Morgan fingerprint density at radius 3 is 2.53 bits per heavy atom. The quantitative estimate of drug-likeness (QED) is 0.395. The van der Waals surface area contributed by atoms with Gasteiger partial charge < -0.3 is 10.6 Å². The minimum absolute atomic E-state index is 0.388. The molecule has 0 saturated carbocycles. The summed E-state index contributed by atoms with van der Waals surface area (Å²) in [5.74, 6) is 1.25. The molecule has 148 valence electrons. The molecule has 0 unspecified atom stereocenters. The maximum atomic E-state index is 8.82. The van der Waals surface area contributed by atoms with Crippen LogP contribution < -0.4 is 10.6 Å². The van der Waals surface area contributed by atoms with Crippen molar-refractivity contribution in [3.8, 4) is 17.5 Å². The molecule has 0 fully saturated rings. The molecule has 2 aromatic heterocycles. The van der Waals surface area contributed by atoms with E-state index >= 15 is 0 Å². The first-order valence-corrected chi connectivity index (χ1v) is 9.96. The summed E-state index contributed by atoms with van der Waals surface area (Å²) in [7, 11) is 0. The fraction of sp³-hybridized carbons (Fsp3) is 0.0909. The molecule has 4 aromatic rings. The van der Waals surface area contributed by atoms with Crippen molar-refractivity contribution in [2.45, 2.75) is 0 Å². The number of pyridine rings is 1. The highest BCUT2D eigenvalue weighted by atomic mass is 35.5. The van der Waals surface area contributed by atoms with E-state index in [4.69, 9.17) is 33.4 Å². The van der Waals surface area contributed by atoms with Gasteiger partial charge in [-0.1, -0.05) is 35.3 Å². The number of hydrogen-bond acceptors (Lipinski definition) is 6. The van der Waals surface area contributed by atoms with Gasteiger partial charge in [-0.15, -0.1) is 0 Å². The molecule has 30 heavy (non-hydrogen) atoms. The van der Waals surface area contributed by atoms with E-state index in [1.54, 1.807) is 24.4 Å². The summed E-state index contributed by atoms with van der Waals surface area (Å²) in [4.78, 5) is 13.4. The van der Waals surface area contributed by atoms with Gasteiger partial charge in [-0.2, -0.15) is 5.26 Å². The molecule has 0 spiro atoms. The van der Waals surface area contributed by atoms with Crippen LogP contribution in [0.2, 0.25) is 10.0 Å². The average Bonchev–Trinajstić information content (AvgIpc) is 2.77. The van der Waals surface area contributed by atoms with Crippen molar-refractivity contribution in [3.63, 3.8) is 0 Å². The van der Waals surface area contributed by atoms with Crippen molar-refractivity contribution in [2.75, 3.05) is 23.7 Å². The van der Waals surface area contributed by atoms with Crippen molar-refractivity contribution in [2.24, 2.45) is 0 Å². The highest BCUT2D eigenvalue weighted by Gasteiger charge is 2.12. The molecule has 0 bridgehead atoms. The second-order valence-electron chi connectivity index (χ2n) is 6.43. The molecule has 2 N–H and O–H groups in total. The van der Waals surface area contributed by atoms with Crippen LogP contribution in [-0.4, -0.2) is 28.0 Å². The first-order valence-electron chi connectivity index (χ1n) is 9.20. The monoisotopic (exact) mass is 434 g/mol. The lowest BCUT2D eigenvalue weighted by atomic mass is 10.2. The summed E-state index contributed by atoms with van der Waals surface area (Å²) < 4.78 is 0. The molecule has 4 rings (SSSR count). The minimum atomic E-state index is 0.388. The number of nitrogens with one attached hydrogen (secondary N) is 2. The van der Waals surface area contributed by atoms with Crippen molar-refractivity contribution < 1.29 is 0 Å². The molecule has 2 aromatic carbocycles. The molecule has 0 radical (unpaired) electrons. The SMILES string of the molecule is N#Cc1ccc(NCCNc2nc(-c3ccc(Cl)cc3Cl)nc3ccccc23)cn1. The van der Waals surface area contributed by atoms with Crippen LogP contribution in [0.5, 0.6) is 0 Å². The van der Waals surface area contributed by atoms with Crippen molar-refractivity contribution in [1.29, 1.82) is 5.26 Å². The van der Waals surface area contributed by atoms with Gasteiger partial charge in [0.15, 0.2) is 5.82 Å². The number of benzene rings is 2. The van der Waals surface area contributed by atoms with Crippen LogP contribution >= 0.6 is 23.2 Å². The Morgan fingerprint density at radius 1 is 0.933 bits per heavy atom. The molecule has 0 saturated heterocycles. The number of para-hydroxylation sites is 1. The van der Waals surface area contributed by atoms with E-state index in [2.05, 4.69) is 20.6 Å². The van der Waals surface area contributed by atoms with Crippen LogP contribution in [0.1, 0.15) is 5.69 Å². The fourth-order valence-electron chi connectivity index (χ4n) is 2.95. The third-order valence-electron chi connectivity index (χ3n) is 4.40. The van der Waals surface area contributed by atoms with E-state index < -0.39 is 0 Å². The van der Waals surface area contributed by atoms with Gasteiger partial charge in [0.2, 0.25) is 0 Å².